The summed E-state index contributed by atoms with van der Waals surface area (Å²) in [4.78, 5) is 28.5. The lowest BCUT2D eigenvalue weighted by atomic mass is 9.93. The van der Waals surface area contributed by atoms with Crippen molar-refractivity contribution in [1.82, 2.24) is 4.98 Å². The average Bonchev–Trinajstić information content (AvgIpc) is 2.96. The average molecular weight is 633 g/mol. The number of hydrogen-bond donors (Lipinski definition) is 1. The summed E-state index contributed by atoms with van der Waals surface area (Å²) in [6, 6.07) is 19.2. The number of anilines is 1. The number of aromatic nitrogens is 1. The number of carbonyl (C=O) groups excluding carboxylic acids is 1. The predicted octanol–water partition coefficient (Wildman–Crippen LogP) is 6.55. The number of halogens is 4. The SMILES string of the molecule is O=C(CC(Cc1cccnc1)C(=O)O)c1ccc(N(Cc2ccccc2Cl)S(=O)(=O)c2ccc(OC(F)(F)F)cc2)cc1. The maximum Gasteiger partial charge on any atom is 0.573 e. The van der Waals surface area contributed by atoms with Crippen LogP contribution in [0.2, 0.25) is 5.02 Å². The number of sulfonamides is 1. The van der Waals surface area contributed by atoms with Crippen molar-refractivity contribution in [1.29, 1.82) is 0 Å². The van der Waals surface area contributed by atoms with Gasteiger partial charge in [0.1, 0.15) is 5.75 Å². The van der Waals surface area contributed by atoms with E-state index < -0.39 is 39.8 Å². The van der Waals surface area contributed by atoms with Crippen molar-refractivity contribution in [2.45, 2.75) is 30.6 Å². The van der Waals surface area contributed by atoms with Gasteiger partial charge in [-0.1, -0.05) is 35.9 Å². The first-order valence-electron chi connectivity index (χ1n) is 12.7. The minimum atomic E-state index is -4.95. The number of ketones is 1. The molecule has 1 N–H and O–H groups in total. The highest BCUT2D eigenvalue weighted by Gasteiger charge is 2.32. The number of benzene rings is 3. The Hall–Kier alpha value is -4.42. The van der Waals surface area contributed by atoms with Gasteiger partial charge < -0.3 is 9.84 Å². The van der Waals surface area contributed by atoms with Crippen LogP contribution in [0.15, 0.2) is 102 Å². The van der Waals surface area contributed by atoms with Gasteiger partial charge in [-0.25, -0.2) is 8.42 Å². The Morgan fingerprint density at radius 1 is 0.953 bits per heavy atom. The van der Waals surface area contributed by atoms with Crippen molar-refractivity contribution in [3.63, 3.8) is 0 Å². The van der Waals surface area contributed by atoms with Gasteiger partial charge in [0.2, 0.25) is 0 Å². The number of hydrogen-bond acceptors (Lipinski definition) is 6. The van der Waals surface area contributed by atoms with Gasteiger partial charge in [0.25, 0.3) is 10.0 Å². The van der Waals surface area contributed by atoms with Crippen LogP contribution in [0.4, 0.5) is 18.9 Å². The Bertz CT molecular complexity index is 1680. The predicted molar refractivity (Wildman–Crippen MR) is 152 cm³/mol. The molecule has 0 radical (unpaired) electrons. The number of pyridine rings is 1. The second kappa shape index (κ2) is 13.3. The number of carbonyl (C=O) groups is 2. The third-order valence-electron chi connectivity index (χ3n) is 6.38. The van der Waals surface area contributed by atoms with E-state index in [1.807, 2.05) is 0 Å². The number of carboxylic acids is 1. The first-order chi connectivity index (χ1) is 20.3. The molecule has 1 atom stereocenters. The summed E-state index contributed by atoms with van der Waals surface area (Å²) < 4.78 is 70.1. The van der Waals surface area contributed by atoms with Crippen molar-refractivity contribution >= 4 is 39.1 Å². The second-order valence-electron chi connectivity index (χ2n) is 9.40. The quantitative estimate of drug-likeness (QED) is 0.176. The van der Waals surface area contributed by atoms with Crippen molar-refractivity contribution in [2.24, 2.45) is 5.92 Å². The van der Waals surface area contributed by atoms with E-state index in [0.29, 0.717) is 11.1 Å². The van der Waals surface area contributed by atoms with Gasteiger partial charge in [-0.05, 0) is 78.2 Å². The molecule has 13 heteroatoms. The fraction of sp³-hybridized carbons (Fsp3) is 0.167. The Labute approximate surface area is 250 Å². The molecule has 0 amide bonds. The van der Waals surface area contributed by atoms with E-state index in [0.717, 1.165) is 28.6 Å². The van der Waals surface area contributed by atoms with Gasteiger partial charge in [0.05, 0.1) is 23.0 Å². The summed E-state index contributed by atoms with van der Waals surface area (Å²) in [5, 5.41) is 9.95. The first-order valence-corrected chi connectivity index (χ1v) is 14.5. The van der Waals surface area contributed by atoms with Gasteiger partial charge in [-0.15, -0.1) is 13.2 Å². The molecule has 0 aliphatic rings. The maximum absolute atomic E-state index is 13.7. The molecule has 0 aliphatic heterocycles. The molecule has 224 valence electrons. The van der Waals surface area contributed by atoms with Gasteiger partial charge in [-0.2, -0.15) is 0 Å². The topological polar surface area (TPSA) is 114 Å². The summed E-state index contributed by atoms with van der Waals surface area (Å²) in [6.45, 7) is -0.234. The van der Waals surface area contributed by atoms with Gasteiger partial charge in [0, 0.05) is 29.4 Å². The third-order valence-corrected chi connectivity index (χ3v) is 8.54. The summed E-state index contributed by atoms with van der Waals surface area (Å²) in [7, 11) is -4.36. The molecule has 0 saturated heterocycles. The molecule has 4 aromatic rings. The zero-order valence-corrected chi connectivity index (χ0v) is 23.8. The number of ether oxygens (including phenoxy) is 1. The van der Waals surface area contributed by atoms with E-state index in [-0.39, 0.29) is 40.6 Å². The highest BCUT2D eigenvalue weighted by Crippen LogP contribution is 2.31. The number of alkyl halides is 3. The molecular weight excluding hydrogens is 609 g/mol. The highest BCUT2D eigenvalue weighted by atomic mass is 35.5. The molecule has 0 saturated carbocycles. The second-order valence-corrected chi connectivity index (χ2v) is 11.7. The van der Waals surface area contributed by atoms with Crippen LogP contribution >= 0.6 is 11.6 Å². The highest BCUT2D eigenvalue weighted by molar-refractivity contribution is 7.92. The van der Waals surface area contributed by atoms with E-state index in [1.54, 1.807) is 42.6 Å². The summed E-state index contributed by atoms with van der Waals surface area (Å²) in [5.41, 5.74) is 1.42. The first kappa shape index (κ1) is 31.5. The molecule has 3 aromatic carbocycles. The minimum Gasteiger partial charge on any atom is -0.481 e. The van der Waals surface area contributed by atoms with Crippen molar-refractivity contribution in [3.8, 4) is 5.75 Å². The zero-order valence-electron chi connectivity index (χ0n) is 22.2. The van der Waals surface area contributed by atoms with Crippen molar-refractivity contribution < 1.29 is 41.0 Å². The fourth-order valence-electron chi connectivity index (χ4n) is 4.24. The van der Waals surface area contributed by atoms with Crippen LogP contribution in [0.5, 0.6) is 5.75 Å². The van der Waals surface area contributed by atoms with E-state index >= 15 is 0 Å². The van der Waals surface area contributed by atoms with Crippen LogP contribution < -0.4 is 9.04 Å². The summed E-state index contributed by atoms with van der Waals surface area (Å²) in [5.74, 6) is -3.19. The number of carboxylic acid groups (broad SMARTS) is 1. The Morgan fingerprint density at radius 3 is 2.21 bits per heavy atom. The van der Waals surface area contributed by atoms with Crippen LogP contribution in [-0.4, -0.2) is 36.6 Å². The van der Waals surface area contributed by atoms with Crippen LogP contribution in [0.3, 0.4) is 0 Å². The maximum atomic E-state index is 13.7. The van der Waals surface area contributed by atoms with Crippen LogP contribution in [0.1, 0.15) is 27.9 Å². The van der Waals surface area contributed by atoms with E-state index in [4.69, 9.17) is 11.6 Å². The molecule has 8 nitrogen and oxygen atoms in total. The molecular formula is C30H24ClF3N2O6S. The monoisotopic (exact) mass is 632 g/mol. The van der Waals surface area contributed by atoms with Crippen LogP contribution in [0.25, 0.3) is 0 Å². The summed E-state index contributed by atoms with van der Waals surface area (Å²) in [6.07, 6.45) is -2.06. The standard InChI is InChI=1S/C30H24ClF3N2O6S/c31-27-6-2-1-5-22(27)19-36(43(40,41)26-13-11-25(12-14-26)42-30(32,33)34)24-9-7-21(8-10-24)28(37)17-23(29(38)39)16-20-4-3-15-35-18-20/h1-15,18,23H,16-17,19H2,(H,38,39). The number of nitrogens with zero attached hydrogens (tertiary/aromatic N) is 2. The number of rotatable bonds is 12. The third kappa shape index (κ3) is 8.33. The molecule has 1 heterocycles. The van der Waals surface area contributed by atoms with Gasteiger partial charge in [0.15, 0.2) is 5.78 Å². The molecule has 43 heavy (non-hydrogen) atoms. The molecule has 4 rings (SSSR count). The van der Waals surface area contributed by atoms with Crippen molar-refractivity contribution in [2.75, 3.05) is 4.31 Å². The van der Waals surface area contributed by atoms with Crippen LogP contribution in [0, 0.1) is 5.92 Å². The molecule has 0 spiro atoms. The number of aliphatic carboxylic acids is 1. The molecule has 1 unspecified atom stereocenters. The number of Topliss-reactive ketones (excluding diaryl/α,β-unsaturated/α-hetero) is 1. The Kier molecular flexibility index (Phi) is 9.72. The Balaban J connectivity index is 1.61. The van der Waals surface area contributed by atoms with E-state index in [2.05, 4.69) is 9.72 Å². The molecule has 0 fully saturated rings. The van der Waals surface area contributed by atoms with Crippen LogP contribution in [-0.2, 0) is 27.8 Å². The lowest BCUT2D eigenvalue weighted by Crippen LogP contribution is -2.30. The normalized spacial score (nSPS) is 12.4. The Morgan fingerprint density at radius 2 is 1.63 bits per heavy atom. The smallest absolute Gasteiger partial charge is 0.481 e. The fourth-order valence-corrected chi connectivity index (χ4v) is 5.88. The van der Waals surface area contributed by atoms with Gasteiger partial charge >= 0.3 is 12.3 Å². The van der Waals surface area contributed by atoms with E-state index in [1.165, 1.54) is 30.5 Å². The van der Waals surface area contributed by atoms with Crippen molar-refractivity contribution in [3.05, 3.63) is 119 Å². The van der Waals surface area contributed by atoms with Gasteiger partial charge in [-0.3, -0.25) is 18.9 Å². The lowest BCUT2D eigenvalue weighted by molar-refractivity contribution is -0.274. The zero-order chi connectivity index (χ0) is 31.2. The largest absolute Gasteiger partial charge is 0.573 e. The summed E-state index contributed by atoms with van der Waals surface area (Å²) >= 11 is 6.29. The molecule has 1 aromatic heterocycles. The van der Waals surface area contributed by atoms with E-state index in [9.17, 15) is 36.3 Å². The lowest BCUT2D eigenvalue weighted by Gasteiger charge is -2.25. The molecule has 0 aliphatic carbocycles. The minimum absolute atomic E-state index is 0.101. The molecule has 0 bridgehead atoms.